The van der Waals surface area contributed by atoms with Crippen LogP contribution < -0.4 is 26.1 Å². The predicted molar refractivity (Wildman–Crippen MR) is 169 cm³/mol. The highest BCUT2D eigenvalue weighted by Crippen LogP contribution is 2.57. The summed E-state index contributed by atoms with van der Waals surface area (Å²) in [6.07, 6.45) is 0. The Bertz CT molecular complexity index is 1490. The summed E-state index contributed by atoms with van der Waals surface area (Å²) in [6.45, 7) is 2.00. The number of hydrogen-bond donors (Lipinski definition) is 0. The number of aryl methyl sites for hydroxylation is 1. The molecule has 0 N–H and O–H groups in total. The molecule has 2 amide bonds. The van der Waals surface area contributed by atoms with Gasteiger partial charge in [0.15, 0.2) is 0 Å². The molecule has 0 bridgehead atoms. The van der Waals surface area contributed by atoms with Gasteiger partial charge >= 0.3 is 0 Å². The van der Waals surface area contributed by atoms with E-state index in [-0.39, 0.29) is 11.8 Å². The van der Waals surface area contributed by atoms with Gasteiger partial charge in [0, 0.05) is 0 Å². The molecular formula is C35H27NO2P2. The van der Waals surface area contributed by atoms with Crippen LogP contribution in [0.4, 0.5) is 5.69 Å². The Labute approximate surface area is 237 Å². The Morgan fingerprint density at radius 2 is 0.725 bits per heavy atom. The molecule has 0 unspecified atom stereocenters. The van der Waals surface area contributed by atoms with E-state index in [0.717, 1.165) is 26.8 Å². The number of rotatable bonds is 7. The minimum atomic E-state index is -1.31. The zero-order valence-corrected chi connectivity index (χ0v) is 23.8. The lowest BCUT2D eigenvalue weighted by Gasteiger charge is -2.24. The molecule has 0 fully saturated rings. The zero-order chi connectivity index (χ0) is 27.5. The van der Waals surface area contributed by atoms with Gasteiger partial charge in [-0.15, -0.1) is 0 Å². The summed E-state index contributed by atoms with van der Waals surface area (Å²) in [4.78, 5) is 30.7. The van der Waals surface area contributed by atoms with Crippen molar-refractivity contribution in [2.24, 2.45) is 0 Å². The number of anilines is 1. The van der Waals surface area contributed by atoms with Crippen molar-refractivity contribution in [3.63, 3.8) is 0 Å². The maximum atomic E-state index is 14.6. The van der Waals surface area contributed by atoms with E-state index in [1.165, 1.54) is 4.90 Å². The largest absolute Gasteiger partial charge is 0.268 e. The third-order valence-electron chi connectivity index (χ3n) is 6.83. The van der Waals surface area contributed by atoms with Crippen molar-refractivity contribution in [3.05, 3.63) is 162 Å². The van der Waals surface area contributed by atoms with Gasteiger partial charge in [-0.3, -0.25) is 9.59 Å². The quantitative estimate of drug-likeness (QED) is 0.174. The summed E-state index contributed by atoms with van der Waals surface area (Å²) < 4.78 is 0. The normalized spacial score (nSPS) is 13.5. The Morgan fingerprint density at radius 1 is 0.425 bits per heavy atom. The van der Waals surface area contributed by atoms with Crippen LogP contribution in [-0.4, -0.2) is 11.8 Å². The highest BCUT2D eigenvalue weighted by Gasteiger charge is 2.46. The Hall–Kier alpha value is -4.16. The summed E-state index contributed by atoms with van der Waals surface area (Å²) in [7, 11) is -2.62. The molecule has 0 aliphatic carbocycles. The summed E-state index contributed by atoms with van der Waals surface area (Å²) in [6, 6.07) is 48.2. The first kappa shape index (κ1) is 26.1. The lowest BCUT2D eigenvalue weighted by Crippen LogP contribution is -2.32. The van der Waals surface area contributed by atoms with E-state index in [1.54, 1.807) is 0 Å². The van der Waals surface area contributed by atoms with Gasteiger partial charge < -0.3 is 0 Å². The van der Waals surface area contributed by atoms with Crippen molar-refractivity contribution in [1.82, 2.24) is 0 Å². The van der Waals surface area contributed by atoms with E-state index in [2.05, 4.69) is 48.5 Å². The minimum absolute atomic E-state index is 0.234. The summed E-state index contributed by atoms with van der Waals surface area (Å²) >= 11 is 0. The van der Waals surface area contributed by atoms with Crippen LogP contribution >= 0.6 is 15.8 Å². The molecule has 0 radical (unpaired) electrons. The highest BCUT2D eigenvalue weighted by molar-refractivity contribution is 7.82. The van der Waals surface area contributed by atoms with Crippen molar-refractivity contribution in [2.45, 2.75) is 6.92 Å². The van der Waals surface area contributed by atoms with Crippen LogP contribution in [0.5, 0.6) is 0 Å². The number of amides is 2. The summed E-state index contributed by atoms with van der Waals surface area (Å²) in [5.41, 5.74) is 1.67. The molecule has 0 saturated carbocycles. The molecule has 1 heterocycles. The van der Waals surface area contributed by atoms with Gasteiger partial charge in [-0.2, -0.15) is 0 Å². The van der Waals surface area contributed by atoms with E-state index < -0.39 is 15.8 Å². The van der Waals surface area contributed by atoms with Gasteiger partial charge in [-0.25, -0.2) is 4.90 Å². The third-order valence-corrected chi connectivity index (χ3v) is 12.0. The topological polar surface area (TPSA) is 37.4 Å². The molecule has 0 aromatic heterocycles. The fourth-order valence-corrected chi connectivity index (χ4v) is 10.3. The van der Waals surface area contributed by atoms with Gasteiger partial charge in [0.25, 0.3) is 11.8 Å². The Kier molecular flexibility index (Phi) is 7.51. The number of carbonyl (C=O) groups excluding carboxylic acids is 2. The molecule has 0 atom stereocenters. The SMILES string of the molecule is Cc1ccc(N2C(=O)C(P(c3ccccc3)c3ccccc3)=C(P(c3ccccc3)c3ccccc3)C2=O)cc1. The molecule has 0 spiro atoms. The van der Waals surface area contributed by atoms with E-state index in [9.17, 15) is 9.59 Å². The molecule has 194 valence electrons. The fraction of sp³-hybridized carbons (Fsp3) is 0.0286. The van der Waals surface area contributed by atoms with Crippen molar-refractivity contribution in [3.8, 4) is 0 Å². The van der Waals surface area contributed by atoms with Gasteiger partial charge in [0.1, 0.15) is 0 Å². The second-order valence-corrected chi connectivity index (χ2v) is 13.8. The third kappa shape index (κ3) is 4.95. The molecule has 1 aliphatic heterocycles. The standard InChI is InChI=1S/C35H27NO2P2/c1-26-22-24-27(25-23-26)36-34(37)32(39(28-14-6-2-7-15-28)29-16-8-3-9-17-29)33(35(36)38)40(30-18-10-4-11-19-30)31-20-12-5-13-21-31/h2-25H,1H3. The van der Waals surface area contributed by atoms with Gasteiger partial charge in [-0.05, 0) is 56.1 Å². The second kappa shape index (κ2) is 11.5. The van der Waals surface area contributed by atoms with Crippen molar-refractivity contribution < 1.29 is 9.59 Å². The maximum absolute atomic E-state index is 14.6. The lowest BCUT2D eigenvalue weighted by atomic mass is 10.2. The van der Waals surface area contributed by atoms with Crippen LogP contribution in [0, 0.1) is 6.92 Å². The van der Waals surface area contributed by atoms with E-state index in [4.69, 9.17) is 0 Å². The van der Waals surface area contributed by atoms with Crippen molar-refractivity contribution >= 4 is 54.6 Å². The first-order valence-electron chi connectivity index (χ1n) is 13.1. The van der Waals surface area contributed by atoms with Crippen LogP contribution in [0.2, 0.25) is 0 Å². The van der Waals surface area contributed by atoms with Crippen LogP contribution in [0.3, 0.4) is 0 Å². The molecule has 40 heavy (non-hydrogen) atoms. The first-order valence-corrected chi connectivity index (χ1v) is 15.8. The molecule has 5 aromatic rings. The molecule has 3 nitrogen and oxygen atoms in total. The zero-order valence-electron chi connectivity index (χ0n) is 22.0. The average molecular weight is 556 g/mol. The predicted octanol–water partition coefficient (Wildman–Crippen LogP) is 6.35. The Balaban J connectivity index is 1.66. The van der Waals surface area contributed by atoms with E-state index in [0.29, 0.717) is 16.3 Å². The number of imide groups is 1. The van der Waals surface area contributed by atoms with Crippen molar-refractivity contribution in [2.75, 3.05) is 4.90 Å². The number of nitrogens with zero attached hydrogens (tertiary/aromatic N) is 1. The number of hydrogen-bond acceptors (Lipinski definition) is 2. The van der Waals surface area contributed by atoms with Crippen LogP contribution in [0.1, 0.15) is 5.56 Å². The number of benzene rings is 5. The first-order chi connectivity index (χ1) is 19.6. The molecule has 0 saturated heterocycles. The Morgan fingerprint density at radius 3 is 1.02 bits per heavy atom. The van der Waals surface area contributed by atoms with Crippen LogP contribution in [0.25, 0.3) is 0 Å². The molecule has 5 heteroatoms. The summed E-state index contributed by atoms with van der Waals surface area (Å²) in [5.74, 6) is -0.468. The van der Waals surface area contributed by atoms with Gasteiger partial charge in [0.05, 0.1) is 16.3 Å². The lowest BCUT2D eigenvalue weighted by molar-refractivity contribution is -0.120. The van der Waals surface area contributed by atoms with Crippen LogP contribution in [0.15, 0.2) is 156 Å². The highest BCUT2D eigenvalue weighted by atomic mass is 31.1. The van der Waals surface area contributed by atoms with E-state index >= 15 is 0 Å². The summed E-state index contributed by atoms with van der Waals surface area (Å²) in [5, 5.41) is 5.38. The molecule has 6 rings (SSSR count). The second-order valence-electron chi connectivity index (χ2n) is 9.49. The fourth-order valence-electron chi connectivity index (χ4n) is 4.96. The average Bonchev–Trinajstić information content (AvgIpc) is 3.25. The van der Waals surface area contributed by atoms with E-state index in [1.807, 2.05) is 104 Å². The van der Waals surface area contributed by atoms with Crippen LogP contribution in [-0.2, 0) is 9.59 Å². The molecule has 1 aliphatic rings. The molecular weight excluding hydrogens is 528 g/mol. The smallest absolute Gasteiger partial charge is 0.267 e. The van der Waals surface area contributed by atoms with Gasteiger partial charge in [-0.1, -0.05) is 139 Å². The van der Waals surface area contributed by atoms with Crippen molar-refractivity contribution in [1.29, 1.82) is 0 Å². The minimum Gasteiger partial charge on any atom is -0.268 e. The van der Waals surface area contributed by atoms with Gasteiger partial charge in [0.2, 0.25) is 0 Å². The maximum Gasteiger partial charge on any atom is 0.267 e. The monoisotopic (exact) mass is 555 g/mol. The number of carbonyl (C=O) groups is 2. The molecule has 5 aromatic carbocycles.